The summed E-state index contributed by atoms with van der Waals surface area (Å²) in [7, 11) is 0. The fourth-order valence-electron chi connectivity index (χ4n) is 3.02. The normalized spacial score (nSPS) is 20.3. The maximum atomic E-state index is 12.4. The van der Waals surface area contributed by atoms with Gasteiger partial charge < -0.3 is 10.6 Å². The molecule has 2 heterocycles. The van der Waals surface area contributed by atoms with Crippen LogP contribution in [0.2, 0.25) is 0 Å². The Hall–Kier alpha value is -1.92. The molecular formula is C16H20ClN3O3. The van der Waals surface area contributed by atoms with Crippen molar-refractivity contribution < 1.29 is 14.4 Å². The number of hydrogen-bond donors (Lipinski definition) is 1. The lowest BCUT2D eigenvalue weighted by molar-refractivity contribution is -0.132. The first-order chi connectivity index (χ1) is 10.5. The second-order valence-electron chi connectivity index (χ2n) is 5.99. The van der Waals surface area contributed by atoms with Crippen molar-refractivity contribution in [2.75, 3.05) is 19.6 Å². The van der Waals surface area contributed by atoms with Crippen LogP contribution < -0.4 is 5.73 Å². The van der Waals surface area contributed by atoms with E-state index in [-0.39, 0.29) is 30.9 Å². The van der Waals surface area contributed by atoms with Gasteiger partial charge in [-0.1, -0.05) is 11.6 Å². The Morgan fingerprint density at radius 1 is 1.26 bits per heavy atom. The summed E-state index contributed by atoms with van der Waals surface area (Å²) in [5, 5.41) is 0. The molecule has 0 bridgehead atoms. The van der Waals surface area contributed by atoms with Gasteiger partial charge in [0.2, 0.25) is 5.91 Å². The molecule has 2 aliphatic heterocycles. The molecule has 1 fully saturated rings. The molecule has 1 aromatic rings. The number of aryl methyl sites for hydroxylation is 1. The SMILES string of the molecule is Cc1ccc2c(c1)C(=O)N(CC(=O)N1CCCC(N)C1)C2=O.Cl. The third-order valence-electron chi connectivity index (χ3n) is 4.23. The van der Waals surface area contributed by atoms with E-state index in [1.54, 1.807) is 23.1 Å². The summed E-state index contributed by atoms with van der Waals surface area (Å²) in [5.74, 6) is -1.01. The average Bonchev–Trinajstić information content (AvgIpc) is 2.72. The highest BCUT2D eigenvalue weighted by Gasteiger charge is 2.37. The lowest BCUT2D eigenvalue weighted by Crippen LogP contribution is -2.49. The molecule has 1 saturated heterocycles. The number of piperidine rings is 1. The maximum Gasteiger partial charge on any atom is 0.262 e. The van der Waals surface area contributed by atoms with E-state index in [2.05, 4.69) is 0 Å². The molecule has 0 spiro atoms. The molecule has 23 heavy (non-hydrogen) atoms. The average molecular weight is 338 g/mol. The van der Waals surface area contributed by atoms with Gasteiger partial charge in [0.1, 0.15) is 6.54 Å². The molecule has 1 unspecified atom stereocenters. The Balaban J connectivity index is 0.00000192. The van der Waals surface area contributed by atoms with E-state index in [1.165, 1.54) is 0 Å². The zero-order valence-electron chi connectivity index (χ0n) is 12.9. The molecule has 1 aromatic carbocycles. The standard InChI is InChI=1S/C16H19N3O3.ClH/c1-10-4-5-12-13(7-10)16(22)19(15(12)21)9-14(20)18-6-2-3-11(17)8-18;/h4-5,7,11H,2-3,6,8-9,17H2,1H3;1H. The molecule has 6 nitrogen and oxygen atoms in total. The number of nitrogens with two attached hydrogens (primary N) is 1. The van der Waals surface area contributed by atoms with Crippen molar-refractivity contribution in [1.29, 1.82) is 0 Å². The van der Waals surface area contributed by atoms with Crippen LogP contribution in [0.15, 0.2) is 18.2 Å². The number of carbonyl (C=O) groups excluding carboxylic acids is 3. The summed E-state index contributed by atoms with van der Waals surface area (Å²) in [4.78, 5) is 39.7. The quantitative estimate of drug-likeness (QED) is 0.815. The Labute approximate surface area is 141 Å². The Kier molecular flexibility index (Phi) is 5.06. The first-order valence-electron chi connectivity index (χ1n) is 7.47. The highest BCUT2D eigenvalue weighted by atomic mass is 35.5. The monoisotopic (exact) mass is 337 g/mol. The van der Waals surface area contributed by atoms with Crippen LogP contribution in [0, 0.1) is 6.92 Å². The lowest BCUT2D eigenvalue weighted by Gasteiger charge is -2.31. The number of hydrogen-bond acceptors (Lipinski definition) is 4. The smallest absolute Gasteiger partial charge is 0.262 e. The van der Waals surface area contributed by atoms with Gasteiger partial charge in [-0.15, -0.1) is 12.4 Å². The molecule has 2 N–H and O–H groups in total. The van der Waals surface area contributed by atoms with Crippen LogP contribution >= 0.6 is 12.4 Å². The van der Waals surface area contributed by atoms with Gasteiger partial charge in [-0.2, -0.15) is 0 Å². The van der Waals surface area contributed by atoms with E-state index >= 15 is 0 Å². The van der Waals surface area contributed by atoms with Gasteiger partial charge in [0.15, 0.2) is 0 Å². The zero-order valence-corrected chi connectivity index (χ0v) is 13.8. The minimum atomic E-state index is -0.394. The fraction of sp³-hybridized carbons (Fsp3) is 0.438. The van der Waals surface area contributed by atoms with Crippen LogP contribution in [0.4, 0.5) is 0 Å². The van der Waals surface area contributed by atoms with E-state index in [0.29, 0.717) is 24.2 Å². The molecule has 0 saturated carbocycles. The summed E-state index contributed by atoms with van der Waals surface area (Å²) in [5.41, 5.74) is 7.54. The first-order valence-corrected chi connectivity index (χ1v) is 7.47. The first kappa shape index (κ1) is 17.4. The third-order valence-corrected chi connectivity index (χ3v) is 4.23. The van der Waals surface area contributed by atoms with Crippen molar-refractivity contribution in [2.24, 2.45) is 5.73 Å². The fourth-order valence-corrected chi connectivity index (χ4v) is 3.02. The molecule has 3 rings (SSSR count). The van der Waals surface area contributed by atoms with Gasteiger partial charge in [-0.25, -0.2) is 0 Å². The number of fused-ring (bicyclic) bond motifs is 1. The van der Waals surface area contributed by atoms with Crippen molar-refractivity contribution >= 4 is 30.1 Å². The molecule has 0 aliphatic carbocycles. The van der Waals surface area contributed by atoms with E-state index in [0.717, 1.165) is 23.3 Å². The van der Waals surface area contributed by atoms with Crippen molar-refractivity contribution in [3.05, 3.63) is 34.9 Å². The van der Waals surface area contributed by atoms with Crippen LogP contribution in [0.1, 0.15) is 39.1 Å². The minimum Gasteiger partial charge on any atom is -0.340 e. The number of benzene rings is 1. The van der Waals surface area contributed by atoms with Crippen molar-refractivity contribution in [3.8, 4) is 0 Å². The molecule has 124 valence electrons. The number of rotatable bonds is 2. The largest absolute Gasteiger partial charge is 0.340 e. The number of amides is 3. The van der Waals surface area contributed by atoms with Crippen LogP contribution in [0.3, 0.4) is 0 Å². The number of imide groups is 1. The maximum absolute atomic E-state index is 12.4. The molecule has 1 atom stereocenters. The molecule has 0 radical (unpaired) electrons. The topological polar surface area (TPSA) is 83.7 Å². The predicted octanol–water partition coefficient (Wildman–Crippen LogP) is 0.963. The van der Waals surface area contributed by atoms with Gasteiger partial charge in [0.25, 0.3) is 11.8 Å². The van der Waals surface area contributed by atoms with Gasteiger partial charge in [0, 0.05) is 19.1 Å². The van der Waals surface area contributed by atoms with Crippen LogP contribution in [0.5, 0.6) is 0 Å². The molecule has 7 heteroatoms. The summed E-state index contributed by atoms with van der Waals surface area (Å²) < 4.78 is 0. The zero-order chi connectivity index (χ0) is 15.9. The van der Waals surface area contributed by atoms with Crippen LogP contribution in [0.25, 0.3) is 0 Å². The highest BCUT2D eigenvalue weighted by Crippen LogP contribution is 2.24. The predicted molar refractivity (Wildman–Crippen MR) is 87.6 cm³/mol. The van der Waals surface area contributed by atoms with E-state index < -0.39 is 11.8 Å². The highest BCUT2D eigenvalue weighted by molar-refractivity contribution is 6.22. The van der Waals surface area contributed by atoms with Gasteiger partial charge >= 0.3 is 0 Å². The minimum absolute atomic E-state index is 0. The molecule has 0 aromatic heterocycles. The number of halogens is 1. The Morgan fingerprint density at radius 2 is 1.96 bits per heavy atom. The summed E-state index contributed by atoms with van der Waals surface area (Å²) in [6, 6.07) is 5.10. The third kappa shape index (κ3) is 3.23. The second kappa shape index (κ2) is 6.68. The van der Waals surface area contributed by atoms with Crippen LogP contribution in [-0.4, -0.2) is 53.2 Å². The van der Waals surface area contributed by atoms with Gasteiger partial charge in [-0.3, -0.25) is 19.3 Å². The lowest BCUT2D eigenvalue weighted by atomic mass is 10.1. The summed E-state index contributed by atoms with van der Waals surface area (Å²) >= 11 is 0. The molecule has 3 amide bonds. The van der Waals surface area contributed by atoms with Gasteiger partial charge in [-0.05, 0) is 31.9 Å². The number of carbonyl (C=O) groups is 3. The molecular weight excluding hydrogens is 318 g/mol. The molecule has 2 aliphatic rings. The second-order valence-corrected chi connectivity index (χ2v) is 5.99. The van der Waals surface area contributed by atoms with E-state index in [1.807, 2.05) is 6.92 Å². The van der Waals surface area contributed by atoms with E-state index in [4.69, 9.17) is 5.73 Å². The van der Waals surface area contributed by atoms with Crippen molar-refractivity contribution in [1.82, 2.24) is 9.80 Å². The Morgan fingerprint density at radius 3 is 2.65 bits per heavy atom. The summed E-state index contributed by atoms with van der Waals surface area (Å²) in [6.45, 7) is 2.77. The van der Waals surface area contributed by atoms with Gasteiger partial charge in [0.05, 0.1) is 11.1 Å². The number of likely N-dealkylation sites (tertiary alicyclic amines) is 1. The summed E-state index contributed by atoms with van der Waals surface area (Å²) in [6.07, 6.45) is 1.75. The van der Waals surface area contributed by atoms with Crippen molar-refractivity contribution in [2.45, 2.75) is 25.8 Å². The Bertz CT molecular complexity index is 662. The number of nitrogens with zero attached hydrogens (tertiary/aromatic N) is 2. The van der Waals surface area contributed by atoms with Crippen LogP contribution in [-0.2, 0) is 4.79 Å². The van der Waals surface area contributed by atoms with E-state index in [9.17, 15) is 14.4 Å². The van der Waals surface area contributed by atoms with Crippen molar-refractivity contribution in [3.63, 3.8) is 0 Å².